The van der Waals surface area contributed by atoms with Gasteiger partial charge in [0.2, 0.25) is 0 Å². The third-order valence-corrected chi connectivity index (χ3v) is 4.57. The van der Waals surface area contributed by atoms with Gasteiger partial charge in [-0.2, -0.15) is 0 Å². The third kappa shape index (κ3) is 2.60. The van der Waals surface area contributed by atoms with E-state index >= 15 is 0 Å². The van der Waals surface area contributed by atoms with Crippen LogP contribution in [0.3, 0.4) is 0 Å². The lowest BCUT2D eigenvalue weighted by Crippen LogP contribution is -2.33. The molecule has 1 fully saturated rings. The summed E-state index contributed by atoms with van der Waals surface area (Å²) < 4.78 is 5.87. The topological polar surface area (TPSA) is 72.4 Å². The van der Waals surface area contributed by atoms with Gasteiger partial charge in [0.1, 0.15) is 11.2 Å². The summed E-state index contributed by atoms with van der Waals surface area (Å²) in [7, 11) is 0. The molecule has 24 heavy (non-hydrogen) atoms. The smallest absolute Gasteiger partial charge is 0.292 e. The molecule has 3 aromatic rings. The minimum absolute atomic E-state index is 0.165. The standard InChI is InChI=1S/C18H17N3O3/c22-21(23)16-7-3-2-6-15(16)20-11-9-13(10-12-20)18-19-14-5-1-4-8-17(14)24-18/h1-8,13H,9-12H2. The molecule has 0 atom stereocenters. The molecule has 0 N–H and O–H groups in total. The number of fused-ring (bicyclic) bond motifs is 1. The Kier molecular flexibility index (Phi) is 3.65. The molecule has 6 heteroatoms. The molecule has 0 aliphatic carbocycles. The van der Waals surface area contributed by atoms with E-state index in [2.05, 4.69) is 9.88 Å². The number of nitro groups is 1. The average molecular weight is 323 g/mol. The average Bonchev–Trinajstić information content (AvgIpc) is 3.06. The second-order valence-corrected chi connectivity index (χ2v) is 6.03. The van der Waals surface area contributed by atoms with Crippen LogP contribution in [0.5, 0.6) is 0 Å². The van der Waals surface area contributed by atoms with Crippen molar-refractivity contribution in [3.05, 3.63) is 64.5 Å². The molecule has 1 aliphatic heterocycles. The van der Waals surface area contributed by atoms with Crippen LogP contribution in [0, 0.1) is 10.1 Å². The summed E-state index contributed by atoms with van der Waals surface area (Å²) >= 11 is 0. The summed E-state index contributed by atoms with van der Waals surface area (Å²) in [6.07, 6.45) is 1.75. The quantitative estimate of drug-likeness (QED) is 0.535. The van der Waals surface area contributed by atoms with E-state index in [1.807, 2.05) is 36.4 Å². The number of piperidine rings is 1. The highest BCUT2D eigenvalue weighted by molar-refractivity contribution is 5.72. The molecule has 6 nitrogen and oxygen atoms in total. The van der Waals surface area contributed by atoms with Crippen LogP contribution in [-0.2, 0) is 0 Å². The highest BCUT2D eigenvalue weighted by Crippen LogP contribution is 2.35. The monoisotopic (exact) mass is 323 g/mol. The zero-order valence-corrected chi connectivity index (χ0v) is 13.1. The summed E-state index contributed by atoms with van der Waals surface area (Å²) in [5.41, 5.74) is 2.55. The Balaban J connectivity index is 1.52. The van der Waals surface area contributed by atoms with Crippen molar-refractivity contribution in [2.45, 2.75) is 18.8 Å². The summed E-state index contributed by atoms with van der Waals surface area (Å²) in [4.78, 5) is 17.6. The largest absolute Gasteiger partial charge is 0.440 e. The van der Waals surface area contributed by atoms with Gasteiger partial charge in [0.05, 0.1) is 4.92 Å². The van der Waals surface area contributed by atoms with Crippen LogP contribution in [-0.4, -0.2) is 23.0 Å². The first-order valence-corrected chi connectivity index (χ1v) is 8.06. The van der Waals surface area contributed by atoms with Gasteiger partial charge in [0.15, 0.2) is 11.5 Å². The van der Waals surface area contributed by atoms with Crippen molar-refractivity contribution in [1.29, 1.82) is 0 Å². The number of hydrogen-bond donors (Lipinski definition) is 0. The van der Waals surface area contributed by atoms with E-state index in [9.17, 15) is 10.1 Å². The van der Waals surface area contributed by atoms with Crippen LogP contribution in [0.25, 0.3) is 11.1 Å². The third-order valence-electron chi connectivity index (χ3n) is 4.57. The summed E-state index contributed by atoms with van der Waals surface area (Å²) in [5.74, 6) is 1.04. The van der Waals surface area contributed by atoms with Crippen LogP contribution in [0.4, 0.5) is 11.4 Å². The van der Waals surface area contributed by atoms with Crippen LogP contribution in [0.15, 0.2) is 52.9 Å². The zero-order chi connectivity index (χ0) is 16.5. The van der Waals surface area contributed by atoms with Gasteiger partial charge in [0, 0.05) is 25.1 Å². The van der Waals surface area contributed by atoms with E-state index < -0.39 is 0 Å². The maximum atomic E-state index is 11.2. The highest BCUT2D eigenvalue weighted by atomic mass is 16.6. The molecule has 0 unspecified atom stereocenters. The van der Waals surface area contributed by atoms with E-state index in [4.69, 9.17) is 4.42 Å². The Morgan fingerprint density at radius 1 is 1.08 bits per heavy atom. The normalized spacial score (nSPS) is 15.8. The van der Waals surface area contributed by atoms with Gasteiger partial charge >= 0.3 is 0 Å². The first-order chi connectivity index (χ1) is 11.7. The van der Waals surface area contributed by atoms with Gasteiger partial charge in [-0.25, -0.2) is 4.98 Å². The Hall–Kier alpha value is -2.89. The number of rotatable bonds is 3. The molecule has 0 radical (unpaired) electrons. The predicted octanol–water partition coefficient (Wildman–Crippen LogP) is 4.12. The maximum absolute atomic E-state index is 11.2. The first kappa shape index (κ1) is 14.7. The second-order valence-electron chi connectivity index (χ2n) is 6.03. The molecule has 2 aromatic carbocycles. The van der Waals surface area contributed by atoms with Crippen molar-refractivity contribution < 1.29 is 9.34 Å². The van der Waals surface area contributed by atoms with Crippen molar-refractivity contribution in [3.63, 3.8) is 0 Å². The van der Waals surface area contributed by atoms with Gasteiger partial charge in [-0.05, 0) is 31.0 Å². The van der Waals surface area contributed by atoms with Gasteiger partial charge in [-0.1, -0.05) is 24.3 Å². The fourth-order valence-electron chi connectivity index (χ4n) is 3.32. The van der Waals surface area contributed by atoms with Crippen molar-refractivity contribution in [2.24, 2.45) is 0 Å². The van der Waals surface area contributed by atoms with Crippen LogP contribution < -0.4 is 4.90 Å². The number of para-hydroxylation sites is 4. The summed E-state index contributed by atoms with van der Waals surface area (Å²) in [6.45, 7) is 1.52. The molecule has 0 spiro atoms. The molecule has 4 rings (SSSR count). The zero-order valence-electron chi connectivity index (χ0n) is 13.1. The van der Waals surface area contributed by atoms with E-state index in [0.717, 1.165) is 42.9 Å². The number of benzene rings is 2. The minimum atomic E-state index is -0.317. The number of nitrogens with zero attached hydrogens (tertiary/aromatic N) is 3. The lowest BCUT2D eigenvalue weighted by molar-refractivity contribution is -0.384. The SMILES string of the molecule is O=[N+]([O-])c1ccccc1N1CCC(c2nc3ccccc3o2)CC1. The van der Waals surface area contributed by atoms with Gasteiger partial charge in [0.25, 0.3) is 5.69 Å². The molecular formula is C18H17N3O3. The lowest BCUT2D eigenvalue weighted by Gasteiger charge is -2.31. The lowest BCUT2D eigenvalue weighted by atomic mass is 9.96. The van der Waals surface area contributed by atoms with E-state index in [0.29, 0.717) is 5.69 Å². The number of hydrogen-bond acceptors (Lipinski definition) is 5. The highest BCUT2D eigenvalue weighted by Gasteiger charge is 2.27. The Morgan fingerprint density at radius 2 is 1.79 bits per heavy atom. The van der Waals surface area contributed by atoms with E-state index in [-0.39, 0.29) is 16.5 Å². The predicted molar refractivity (Wildman–Crippen MR) is 91.3 cm³/mol. The number of oxazole rings is 1. The van der Waals surface area contributed by atoms with Crippen molar-refractivity contribution >= 4 is 22.5 Å². The Bertz CT molecular complexity index is 849. The molecule has 0 bridgehead atoms. The van der Waals surface area contributed by atoms with Crippen molar-refractivity contribution in [2.75, 3.05) is 18.0 Å². The molecule has 1 aliphatic rings. The summed E-state index contributed by atoms with van der Waals surface area (Å²) in [6, 6.07) is 14.7. The van der Waals surface area contributed by atoms with Crippen molar-refractivity contribution in [3.8, 4) is 0 Å². The Labute approximate surface area is 138 Å². The second kappa shape index (κ2) is 5.96. The molecule has 0 amide bonds. The fraction of sp³-hybridized carbons (Fsp3) is 0.278. The van der Waals surface area contributed by atoms with E-state index in [1.54, 1.807) is 12.1 Å². The molecule has 1 saturated heterocycles. The van der Waals surface area contributed by atoms with Crippen LogP contribution >= 0.6 is 0 Å². The first-order valence-electron chi connectivity index (χ1n) is 8.06. The van der Waals surface area contributed by atoms with Gasteiger partial charge in [-0.15, -0.1) is 0 Å². The molecule has 1 aromatic heterocycles. The van der Waals surface area contributed by atoms with Gasteiger partial charge < -0.3 is 9.32 Å². The van der Waals surface area contributed by atoms with E-state index in [1.165, 1.54) is 0 Å². The Morgan fingerprint density at radius 3 is 2.54 bits per heavy atom. The molecule has 0 saturated carbocycles. The number of anilines is 1. The molecular weight excluding hydrogens is 306 g/mol. The van der Waals surface area contributed by atoms with Crippen LogP contribution in [0.1, 0.15) is 24.7 Å². The fourth-order valence-corrected chi connectivity index (χ4v) is 3.32. The van der Waals surface area contributed by atoms with Crippen molar-refractivity contribution in [1.82, 2.24) is 4.98 Å². The minimum Gasteiger partial charge on any atom is -0.440 e. The van der Waals surface area contributed by atoms with Gasteiger partial charge in [-0.3, -0.25) is 10.1 Å². The molecule has 2 heterocycles. The van der Waals surface area contributed by atoms with Crippen LogP contribution in [0.2, 0.25) is 0 Å². The molecule has 122 valence electrons. The number of nitro benzene ring substituents is 1. The summed E-state index contributed by atoms with van der Waals surface area (Å²) in [5, 5.41) is 11.2. The number of aromatic nitrogens is 1. The maximum Gasteiger partial charge on any atom is 0.292 e.